The van der Waals surface area contributed by atoms with Crippen LogP contribution in [-0.2, 0) is 5.54 Å². The van der Waals surface area contributed by atoms with E-state index in [9.17, 15) is 13.2 Å². The minimum Gasteiger partial charge on any atom is -0.403 e. The number of rotatable bonds is 2. The van der Waals surface area contributed by atoms with Crippen LogP contribution in [-0.4, -0.2) is 15.7 Å². The summed E-state index contributed by atoms with van der Waals surface area (Å²) in [6.07, 6.45) is -1.83. The molecule has 0 radical (unpaired) electrons. The fourth-order valence-corrected chi connectivity index (χ4v) is 1.68. The van der Waals surface area contributed by atoms with Gasteiger partial charge in [-0.1, -0.05) is 0 Å². The van der Waals surface area contributed by atoms with Gasteiger partial charge in [-0.3, -0.25) is 4.40 Å². The molecule has 2 rings (SSSR count). The number of hydrogen-bond donors (Lipinski definition) is 1. The molecule has 0 spiro atoms. The first-order valence-corrected chi connectivity index (χ1v) is 5.20. The average molecular weight is 296 g/mol. The molecule has 0 aliphatic rings. The fourth-order valence-electron chi connectivity index (χ4n) is 1.68. The molecule has 0 aromatic carbocycles. The summed E-state index contributed by atoms with van der Waals surface area (Å²) in [7, 11) is 0. The maximum atomic E-state index is 12.2. The van der Waals surface area contributed by atoms with E-state index in [4.69, 9.17) is 5.73 Å². The van der Waals surface area contributed by atoms with Gasteiger partial charge in [0.15, 0.2) is 5.75 Å². The third kappa shape index (κ3) is 3.30. The molecule has 0 bridgehead atoms. The maximum absolute atomic E-state index is 12.2. The predicted octanol–water partition coefficient (Wildman–Crippen LogP) is 2.85. The molecule has 0 saturated heterocycles. The molecule has 0 saturated carbocycles. The van der Waals surface area contributed by atoms with E-state index in [1.165, 1.54) is 22.7 Å². The molecule has 2 heterocycles. The smallest absolute Gasteiger partial charge is 0.403 e. The van der Waals surface area contributed by atoms with Crippen molar-refractivity contribution in [1.82, 2.24) is 9.38 Å². The van der Waals surface area contributed by atoms with Crippen LogP contribution in [0.25, 0.3) is 5.52 Å². The molecule has 2 aromatic rings. The number of nitrogens with two attached hydrogens (primary N) is 1. The van der Waals surface area contributed by atoms with Gasteiger partial charge in [-0.2, -0.15) is 0 Å². The van der Waals surface area contributed by atoms with Gasteiger partial charge in [0.2, 0.25) is 0 Å². The molecular weight excluding hydrogens is 283 g/mol. The van der Waals surface area contributed by atoms with Crippen molar-refractivity contribution in [2.45, 2.75) is 25.7 Å². The summed E-state index contributed by atoms with van der Waals surface area (Å²) in [5.74, 6) is 0.165. The van der Waals surface area contributed by atoms with Gasteiger partial charge in [-0.25, -0.2) is 4.98 Å². The molecule has 0 aliphatic carbocycles. The van der Waals surface area contributed by atoms with E-state index in [0.29, 0.717) is 5.82 Å². The zero-order chi connectivity index (χ0) is 13.6. The van der Waals surface area contributed by atoms with Crippen molar-refractivity contribution in [2.24, 2.45) is 5.73 Å². The summed E-state index contributed by atoms with van der Waals surface area (Å²) < 4.78 is 42.1. The van der Waals surface area contributed by atoms with Crippen molar-refractivity contribution in [3.8, 4) is 5.75 Å². The molecule has 106 valence electrons. The summed E-state index contributed by atoms with van der Waals surface area (Å²) in [4.78, 5) is 4.05. The van der Waals surface area contributed by atoms with Gasteiger partial charge in [0.25, 0.3) is 0 Å². The highest BCUT2D eigenvalue weighted by atomic mass is 35.5. The first kappa shape index (κ1) is 15.6. The van der Waals surface area contributed by atoms with Crippen molar-refractivity contribution in [3.05, 3.63) is 30.4 Å². The Kier molecular flexibility index (Phi) is 4.02. The zero-order valence-corrected chi connectivity index (χ0v) is 11.0. The number of nitrogens with zero attached hydrogens (tertiary/aromatic N) is 2. The van der Waals surface area contributed by atoms with Crippen LogP contribution in [0.15, 0.2) is 24.5 Å². The van der Waals surface area contributed by atoms with E-state index in [1.54, 1.807) is 20.0 Å². The number of halogens is 4. The highest BCUT2D eigenvalue weighted by Gasteiger charge is 2.32. The van der Waals surface area contributed by atoms with Gasteiger partial charge in [0, 0.05) is 6.20 Å². The van der Waals surface area contributed by atoms with Crippen molar-refractivity contribution in [1.29, 1.82) is 0 Å². The second kappa shape index (κ2) is 4.90. The molecule has 0 fully saturated rings. The van der Waals surface area contributed by atoms with E-state index in [1.807, 2.05) is 0 Å². The number of alkyl halides is 3. The van der Waals surface area contributed by atoms with Crippen molar-refractivity contribution >= 4 is 17.9 Å². The van der Waals surface area contributed by atoms with Crippen LogP contribution in [0.5, 0.6) is 5.75 Å². The Bertz CT molecular complexity index is 575. The number of ether oxygens (including phenoxy) is 1. The number of hydrogen-bond acceptors (Lipinski definition) is 3. The van der Waals surface area contributed by atoms with Gasteiger partial charge in [0.1, 0.15) is 11.3 Å². The number of aromatic nitrogens is 2. The minimum atomic E-state index is -4.73. The lowest BCUT2D eigenvalue weighted by molar-refractivity contribution is -0.274. The molecular formula is C11H13ClF3N3O. The SMILES string of the molecule is CC(C)(N)c1ncc2c(OC(F)(F)F)cccn12.Cl. The Morgan fingerprint density at radius 3 is 2.47 bits per heavy atom. The molecule has 19 heavy (non-hydrogen) atoms. The standard InChI is InChI=1S/C11H12F3N3O.ClH/c1-10(2,15)9-16-6-7-8(18-11(12,13)14)4-3-5-17(7)9;/h3-6H,15H2,1-2H3;1H. The third-order valence-corrected chi connectivity index (χ3v) is 2.33. The van der Waals surface area contributed by atoms with Crippen molar-refractivity contribution < 1.29 is 17.9 Å². The molecule has 8 heteroatoms. The molecule has 0 atom stereocenters. The van der Waals surface area contributed by atoms with Crippen LogP contribution < -0.4 is 10.5 Å². The van der Waals surface area contributed by atoms with E-state index in [-0.39, 0.29) is 23.7 Å². The highest BCUT2D eigenvalue weighted by Crippen LogP contribution is 2.29. The number of imidazole rings is 1. The Labute approximate surface area is 113 Å². The van der Waals surface area contributed by atoms with Gasteiger partial charge in [-0.05, 0) is 26.0 Å². The summed E-state index contributed by atoms with van der Waals surface area (Å²) in [6, 6.07) is 2.68. The topological polar surface area (TPSA) is 52.5 Å². The van der Waals surface area contributed by atoms with Crippen molar-refractivity contribution in [3.63, 3.8) is 0 Å². The Morgan fingerprint density at radius 2 is 1.95 bits per heavy atom. The third-order valence-electron chi connectivity index (χ3n) is 2.33. The van der Waals surface area contributed by atoms with Gasteiger partial charge in [0.05, 0.1) is 11.7 Å². The van der Waals surface area contributed by atoms with Crippen LogP contribution in [0.3, 0.4) is 0 Å². The summed E-state index contributed by atoms with van der Waals surface area (Å²) in [5, 5.41) is 0. The van der Waals surface area contributed by atoms with Gasteiger partial charge >= 0.3 is 6.36 Å². The summed E-state index contributed by atoms with van der Waals surface area (Å²) in [6.45, 7) is 3.44. The molecule has 2 N–H and O–H groups in total. The second-order valence-electron chi connectivity index (χ2n) is 4.48. The lowest BCUT2D eigenvalue weighted by atomic mass is 10.1. The van der Waals surface area contributed by atoms with Crippen LogP contribution in [0.2, 0.25) is 0 Å². The Morgan fingerprint density at radius 1 is 1.32 bits per heavy atom. The highest BCUT2D eigenvalue weighted by molar-refractivity contribution is 5.85. The number of fused-ring (bicyclic) bond motifs is 1. The van der Waals surface area contributed by atoms with E-state index in [0.717, 1.165) is 0 Å². The first-order chi connectivity index (χ1) is 8.18. The fraction of sp³-hybridized carbons (Fsp3) is 0.364. The van der Waals surface area contributed by atoms with E-state index < -0.39 is 11.9 Å². The van der Waals surface area contributed by atoms with E-state index in [2.05, 4.69) is 9.72 Å². The lowest BCUT2D eigenvalue weighted by Crippen LogP contribution is -2.31. The van der Waals surface area contributed by atoms with Crippen LogP contribution in [0.1, 0.15) is 19.7 Å². The molecule has 4 nitrogen and oxygen atoms in total. The Balaban J connectivity index is 0.00000180. The van der Waals surface area contributed by atoms with Crippen LogP contribution in [0, 0.1) is 0 Å². The largest absolute Gasteiger partial charge is 0.573 e. The van der Waals surface area contributed by atoms with Crippen LogP contribution in [0.4, 0.5) is 13.2 Å². The second-order valence-corrected chi connectivity index (χ2v) is 4.48. The quantitative estimate of drug-likeness (QED) is 0.927. The predicted molar refractivity (Wildman–Crippen MR) is 66.3 cm³/mol. The zero-order valence-electron chi connectivity index (χ0n) is 10.2. The molecule has 2 aromatic heterocycles. The summed E-state index contributed by atoms with van der Waals surface area (Å²) in [5.41, 5.74) is 5.36. The minimum absolute atomic E-state index is 0. The van der Waals surface area contributed by atoms with Gasteiger partial charge < -0.3 is 10.5 Å². The summed E-state index contributed by atoms with van der Waals surface area (Å²) >= 11 is 0. The number of pyridine rings is 1. The first-order valence-electron chi connectivity index (χ1n) is 5.20. The Hall–Kier alpha value is -1.47. The molecule has 0 amide bonds. The van der Waals surface area contributed by atoms with Gasteiger partial charge in [-0.15, -0.1) is 25.6 Å². The molecule has 0 unspecified atom stereocenters. The van der Waals surface area contributed by atoms with Crippen molar-refractivity contribution in [2.75, 3.05) is 0 Å². The van der Waals surface area contributed by atoms with Crippen LogP contribution >= 0.6 is 12.4 Å². The average Bonchev–Trinajstić information content (AvgIpc) is 2.58. The lowest BCUT2D eigenvalue weighted by Gasteiger charge is -2.17. The molecule has 0 aliphatic heterocycles. The monoisotopic (exact) mass is 295 g/mol. The van der Waals surface area contributed by atoms with E-state index >= 15 is 0 Å². The maximum Gasteiger partial charge on any atom is 0.573 e. The normalized spacial score (nSPS) is 12.3.